The van der Waals surface area contributed by atoms with Crippen molar-refractivity contribution in [1.29, 1.82) is 0 Å². The zero-order chi connectivity index (χ0) is 14.0. The minimum absolute atomic E-state index is 0.0309. The summed E-state index contributed by atoms with van der Waals surface area (Å²) in [6, 6.07) is 8.25. The van der Waals surface area contributed by atoms with Crippen LogP contribution in [0.4, 0.5) is 13.2 Å². The Balaban J connectivity index is 2.18. The van der Waals surface area contributed by atoms with E-state index in [4.69, 9.17) is 0 Å². The van der Waals surface area contributed by atoms with Crippen LogP contribution in [0.1, 0.15) is 20.8 Å². The van der Waals surface area contributed by atoms with Crippen LogP contribution >= 0.6 is 27.3 Å². The van der Waals surface area contributed by atoms with Gasteiger partial charge in [-0.3, -0.25) is 4.79 Å². The van der Waals surface area contributed by atoms with Crippen molar-refractivity contribution in [2.24, 2.45) is 0 Å². The van der Waals surface area contributed by atoms with Crippen molar-refractivity contribution >= 4 is 33.0 Å². The van der Waals surface area contributed by atoms with Crippen molar-refractivity contribution < 1.29 is 18.0 Å². The van der Waals surface area contributed by atoms with Crippen LogP contribution in [0.2, 0.25) is 0 Å². The van der Waals surface area contributed by atoms with Crippen LogP contribution in [0, 0.1) is 0 Å². The molecule has 1 nitrogen and oxygen atoms in total. The van der Waals surface area contributed by atoms with Crippen molar-refractivity contribution in [3.8, 4) is 0 Å². The molecule has 0 fully saturated rings. The van der Waals surface area contributed by atoms with E-state index in [-0.39, 0.29) is 12.2 Å². The number of rotatable bonds is 3. The number of ketones is 1. The summed E-state index contributed by atoms with van der Waals surface area (Å²) in [4.78, 5) is 12.4. The number of thiophene rings is 1. The molecule has 0 N–H and O–H groups in total. The maximum atomic E-state index is 12.5. The molecular weight excluding hydrogens is 341 g/mol. The van der Waals surface area contributed by atoms with Crippen molar-refractivity contribution in [2.75, 3.05) is 0 Å². The Morgan fingerprint density at radius 2 is 1.95 bits per heavy atom. The lowest BCUT2D eigenvalue weighted by molar-refractivity contribution is -0.137. The summed E-state index contributed by atoms with van der Waals surface area (Å²) in [7, 11) is 0. The normalized spacial score (nSPS) is 11.6. The molecular formula is C13H8BrF3OS. The molecule has 0 saturated carbocycles. The number of halogens is 4. The molecule has 0 aliphatic heterocycles. The second kappa shape index (κ2) is 5.46. The lowest BCUT2D eigenvalue weighted by Gasteiger charge is -2.08. The van der Waals surface area contributed by atoms with Gasteiger partial charge in [0.25, 0.3) is 0 Å². The van der Waals surface area contributed by atoms with Crippen molar-refractivity contribution in [2.45, 2.75) is 12.6 Å². The van der Waals surface area contributed by atoms with Crippen LogP contribution in [0.15, 0.2) is 40.2 Å². The van der Waals surface area contributed by atoms with Gasteiger partial charge in [0.05, 0.1) is 14.2 Å². The molecule has 0 saturated heterocycles. The summed E-state index contributed by atoms with van der Waals surface area (Å²) in [5.74, 6) is -0.185. The highest BCUT2D eigenvalue weighted by atomic mass is 79.9. The molecule has 0 radical (unpaired) electrons. The van der Waals surface area contributed by atoms with E-state index in [1.54, 1.807) is 12.1 Å². The van der Waals surface area contributed by atoms with Gasteiger partial charge in [0.2, 0.25) is 0 Å². The Kier molecular flexibility index (Phi) is 4.10. The smallest absolute Gasteiger partial charge is 0.293 e. The maximum absolute atomic E-state index is 12.5. The summed E-state index contributed by atoms with van der Waals surface area (Å²) in [5.41, 5.74) is -0.366. The van der Waals surface area contributed by atoms with Crippen LogP contribution in [0.5, 0.6) is 0 Å². The molecule has 1 heterocycles. The number of hydrogen-bond acceptors (Lipinski definition) is 2. The van der Waals surface area contributed by atoms with Gasteiger partial charge in [0.15, 0.2) is 5.78 Å². The molecule has 0 bridgehead atoms. The van der Waals surface area contributed by atoms with Gasteiger partial charge in [-0.2, -0.15) is 13.2 Å². The Morgan fingerprint density at radius 3 is 2.53 bits per heavy atom. The predicted octanol–water partition coefficient (Wildman–Crippen LogP) is 4.95. The van der Waals surface area contributed by atoms with Crippen molar-refractivity contribution in [1.82, 2.24) is 0 Å². The van der Waals surface area contributed by atoms with Gasteiger partial charge in [0, 0.05) is 6.42 Å². The van der Waals surface area contributed by atoms with E-state index >= 15 is 0 Å². The fourth-order valence-electron chi connectivity index (χ4n) is 1.59. The van der Waals surface area contributed by atoms with E-state index in [0.29, 0.717) is 10.4 Å². The third kappa shape index (κ3) is 3.67. The molecule has 100 valence electrons. The Labute approximate surface area is 120 Å². The molecule has 2 rings (SSSR count). The first-order valence-corrected chi connectivity index (χ1v) is 6.92. The van der Waals surface area contributed by atoms with Crippen molar-refractivity contribution in [3.05, 3.63) is 56.2 Å². The molecule has 0 aliphatic carbocycles. The van der Waals surface area contributed by atoms with Gasteiger partial charge in [-0.1, -0.05) is 18.2 Å². The maximum Gasteiger partial charge on any atom is 0.416 e. The largest absolute Gasteiger partial charge is 0.416 e. The van der Waals surface area contributed by atoms with E-state index in [1.807, 2.05) is 0 Å². The van der Waals surface area contributed by atoms with Crippen molar-refractivity contribution in [3.63, 3.8) is 0 Å². The first kappa shape index (κ1) is 14.3. The fourth-order valence-corrected chi connectivity index (χ4v) is 2.92. The molecule has 0 spiro atoms. The first-order chi connectivity index (χ1) is 8.86. The van der Waals surface area contributed by atoms with E-state index in [0.717, 1.165) is 15.9 Å². The SMILES string of the molecule is O=C(Cc1cccc(C(F)(F)F)c1)c1ccc(Br)s1. The predicted molar refractivity (Wildman–Crippen MR) is 71.5 cm³/mol. The summed E-state index contributed by atoms with van der Waals surface area (Å²) >= 11 is 4.51. The Bertz CT molecular complexity index is 604. The van der Waals surface area contributed by atoms with E-state index in [2.05, 4.69) is 15.9 Å². The standard InChI is InChI=1S/C13H8BrF3OS/c14-12-5-4-11(19-12)10(18)7-8-2-1-3-9(6-8)13(15,16)17/h1-6H,7H2. The molecule has 1 aromatic carbocycles. The minimum atomic E-state index is -4.38. The molecule has 0 aliphatic rings. The second-order valence-electron chi connectivity index (χ2n) is 3.90. The zero-order valence-corrected chi connectivity index (χ0v) is 11.9. The number of carbonyl (C=O) groups excluding carboxylic acids is 1. The quantitative estimate of drug-likeness (QED) is 0.717. The molecule has 0 amide bonds. The molecule has 19 heavy (non-hydrogen) atoms. The number of carbonyl (C=O) groups is 1. The third-order valence-electron chi connectivity index (χ3n) is 2.47. The van der Waals surface area contributed by atoms with Crippen LogP contribution < -0.4 is 0 Å². The summed E-state index contributed by atoms with van der Waals surface area (Å²) < 4.78 is 38.4. The van der Waals surface area contributed by atoms with Crippen LogP contribution in [-0.4, -0.2) is 5.78 Å². The number of Topliss-reactive ketones (excluding diaryl/α,β-unsaturated/α-hetero) is 1. The zero-order valence-electron chi connectivity index (χ0n) is 9.50. The van der Waals surface area contributed by atoms with Crippen LogP contribution in [0.25, 0.3) is 0 Å². The third-order valence-corrected chi connectivity index (χ3v) is 4.13. The number of alkyl halides is 3. The van der Waals surface area contributed by atoms with Crippen LogP contribution in [0.3, 0.4) is 0 Å². The average molecular weight is 349 g/mol. The summed E-state index contributed by atoms with van der Waals surface area (Å²) in [6.45, 7) is 0. The number of hydrogen-bond donors (Lipinski definition) is 0. The van der Waals surface area contributed by atoms with Gasteiger partial charge in [-0.15, -0.1) is 11.3 Å². The second-order valence-corrected chi connectivity index (χ2v) is 6.36. The van der Waals surface area contributed by atoms with E-state index in [1.165, 1.54) is 23.5 Å². The summed E-state index contributed by atoms with van der Waals surface area (Å²) in [6.07, 6.45) is -4.41. The highest BCUT2D eigenvalue weighted by molar-refractivity contribution is 9.11. The Morgan fingerprint density at radius 1 is 1.21 bits per heavy atom. The lowest BCUT2D eigenvalue weighted by atomic mass is 10.0. The highest BCUT2D eigenvalue weighted by Gasteiger charge is 2.30. The first-order valence-electron chi connectivity index (χ1n) is 5.31. The van der Waals surface area contributed by atoms with Gasteiger partial charge in [-0.05, 0) is 39.7 Å². The van der Waals surface area contributed by atoms with Gasteiger partial charge >= 0.3 is 6.18 Å². The molecule has 2 aromatic rings. The van der Waals surface area contributed by atoms with E-state index in [9.17, 15) is 18.0 Å². The highest BCUT2D eigenvalue weighted by Crippen LogP contribution is 2.30. The molecule has 6 heteroatoms. The fraction of sp³-hybridized carbons (Fsp3) is 0.154. The lowest BCUT2D eigenvalue weighted by Crippen LogP contribution is -2.07. The molecule has 0 unspecified atom stereocenters. The monoisotopic (exact) mass is 348 g/mol. The topological polar surface area (TPSA) is 17.1 Å². The average Bonchev–Trinajstić information content (AvgIpc) is 2.75. The van der Waals surface area contributed by atoms with Crippen LogP contribution in [-0.2, 0) is 12.6 Å². The summed E-state index contributed by atoms with van der Waals surface area (Å²) in [5, 5.41) is 0. The Hall–Kier alpha value is -1.14. The van der Waals surface area contributed by atoms with Gasteiger partial charge in [0.1, 0.15) is 0 Å². The van der Waals surface area contributed by atoms with Gasteiger partial charge in [-0.25, -0.2) is 0 Å². The van der Waals surface area contributed by atoms with E-state index < -0.39 is 11.7 Å². The number of benzene rings is 1. The molecule has 1 aromatic heterocycles. The molecule has 0 atom stereocenters. The minimum Gasteiger partial charge on any atom is -0.293 e. The van der Waals surface area contributed by atoms with Gasteiger partial charge < -0.3 is 0 Å².